The first-order valence-electron chi connectivity index (χ1n) is 7.98. The SMILES string of the molecule is CC[NH+](CC)CC(=O)Nc1sc(C)cc1C(=O)c1ccc(Cl)cc1. The molecular weight excluding hydrogens is 344 g/mol. The van der Waals surface area contributed by atoms with Crippen LogP contribution in [-0.2, 0) is 4.79 Å². The molecule has 6 heteroatoms. The van der Waals surface area contributed by atoms with E-state index >= 15 is 0 Å². The van der Waals surface area contributed by atoms with Crippen molar-refractivity contribution in [1.82, 2.24) is 0 Å². The third-order valence-electron chi connectivity index (χ3n) is 3.87. The first-order chi connectivity index (χ1) is 11.4. The fraction of sp³-hybridized carbons (Fsp3) is 0.333. The maximum atomic E-state index is 12.7. The highest BCUT2D eigenvalue weighted by atomic mass is 35.5. The molecule has 0 saturated heterocycles. The van der Waals surface area contributed by atoms with E-state index in [9.17, 15) is 9.59 Å². The third kappa shape index (κ3) is 4.66. The van der Waals surface area contributed by atoms with E-state index < -0.39 is 0 Å². The molecule has 0 aliphatic carbocycles. The van der Waals surface area contributed by atoms with Gasteiger partial charge in [0.25, 0.3) is 5.91 Å². The largest absolute Gasteiger partial charge is 0.328 e. The Morgan fingerprint density at radius 1 is 1.17 bits per heavy atom. The minimum Gasteiger partial charge on any atom is -0.328 e. The van der Waals surface area contributed by atoms with Crippen LogP contribution in [0.5, 0.6) is 0 Å². The number of amides is 1. The lowest BCUT2D eigenvalue weighted by molar-refractivity contribution is -0.888. The molecule has 0 spiro atoms. The van der Waals surface area contributed by atoms with Crippen LogP contribution in [0.1, 0.15) is 34.6 Å². The number of hydrogen-bond acceptors (Lipinski definition) is 3. The van der Waals surface area contributed by atoms with Crippen LogP contribution in [0.2, 0.25) is 5.02 Å². The highest BCUT2D eigenvalue weighted by molar-refractivity contribution is 7.16. The molecule has 128 valence electrons. The minimum atomic E-state index is -0.110. The summed E-state index contributed by atoms with van der Waals surface area (Å²) in [4.78, 5) is 27.2. The van der Waals surface area contributed by atoms with Gasteiger partial charge in [-0.15, -0.1) is 11.3 Å². The Labute approximate surface area is 151 Å². The van der Waals surface area contributed by atoms with Crippen molar-refractivity contribution in [3.63, 3.8) is 0 Å². The summed E-state index contributed by atoms with van der Waals surface area (Å²) >= 11 is 7.30. The summed E-state index contributed by atoms with van der Waals surface area (Å²) in [6, 6.07) is 8.60. The summed E-state index contributed by atoms with van der Waals surface area (Å²) in [5.74, 6) is -0.179. The fourth-order valence-corrected chi connectivity index (χ4v) is 3.48. The predicted molar refractivity (Wildman–Crippen MR) is 99.5 cm³/mol. The van der Waals surface area contributed by atoms with E-state index in [0.29, 0.717) is 27.7 Å². The summed E-state index contributed by atoms with van der Waals surface area (Å²) in [7, 11) is 0. The van der Waals surface area contributed by atoms with Gasteiger partial charge in [-0.3, -0.25) is 9.59 Å². The number of halogens is 1. The topological polar surface area (TPSA) is 50.6 Å². The number of carbonyl (C=O) groups is 2. The van der Waals surface area contributed by atoms with Gasteiger partial charge < -0.3 is 10.2 Å². The normalized spacial score (nSPS) is 10.9. The van der Waals surface area contributed by atoms with Crippen molar-refractivity contribution in [1.29, 1.82) is 0 Å². The van der Waals surface area contributed by atoms with E-state index in [2.05, 4.69) is 19.2 Å². The summed E-state index contributed by atoms with van der Waals surface area (Å²) in [6.45, 7) is 8.22. The molecule has 0 radical (unpaired) electrons. The Hall–Kier alpha value is -1.69. The second kappa shape index (κ2) is 8.42. The zero-order valence-electron chi connectivity index (χ0n) is 14.1. The smallest absolute Gasteiger partial charge is 0.280 e. The van der Waals surface area contributed by atoms with Gasteiger partial charge in [-0.2, -0.15) is 0 Å². The van der Waals surface area contributed by atoms with Gasteiger partial charge in [0.2, 0.25) is 0 Å². The fourth-order valence-electron chi connectivity index (χ4n) is 2.43. The third-order valence-corrected chi connectivity index (χ3v) is 5.09. The first-order valence-corrected chi connectivity index (χ1v) is 9.18. The standard InChI is InChI=1S/C18H21ClN2O2S/c1-4-21(5-2)11-16(22)20-18-15(10-12(3)24-18)17(23)13-6-8-14(19)9-7-13/h6-10H,4-5,11H2,1-3H3,(H,20,22)/p+1. The van der Waals surface area contributed by atoms with Crippen molar-refractivity contribution in [2.24, 2.45) is 0 Å². The van der Waals surface area contributed by atoms with Crippen molar-refractivity contribution in [2.45, 2.75) is 20.8 Å². The number of likely N-dealkylation sites (N-methyl/N-ethyl adjacent to an activating group) is 1. The van der Waals surface area contributed by atoms with Gasteiger partial charge in [-0.05, 0) is 51.1 Å². The Kier molecular flexibility index (Phi) is 6.54. The van der Waals surface area contributed by atoms with Gasteiger partial charge in [0.05, 0.1) is 18.7 Å². The van der Waals surface area contributed by atoms with Crippen LogP contribution in [0.15, 0.2) is 30.3 Å². The molecule has 24 heavy (non-hydrogen) atoms. The second-order valence-electron chi connectivity index (χ2n) is 5.62. The second-order valence-corrected chi connectivity index (χ2v) is 7.31. The number of hydrogen-bond donors (Lipinski definition) is 2. The molecule has 0 saturated carbocycles. The Morgan fingerprint density at radius 3 is 2.38 bits per heavy atom. The average molecular weight is 366 g/mol. The van der Waals surface area contributed by atoms with Gasteiger partial charge >= 0.3 is 0 Å². The van der Waals surface area contributed by atoms with Crippen molar-refractivity contribution >= 4 is 39.6 Å². The maximum absolute atomic E-state index is 12.7. The molecule has 1 amide bonds. The number of anilines is 1. The number of benzene rings is 1. The molecule has 0 aliphatic heterocycles. The van der Waals surface area contributed by atoms with Crippen molar-refractivity contribution in [3.05, 3.63) is 51.4 Å². The molecule has 0 unspecified atom stereocenters. The molecule has 0 aliphatic rings. The van der Waals surface area contributed by atoms with Gasteiger partial charge in [0.1, 0.15) is 5.00 Å². The monoisotopic (exact) mass is 365 g/mol. The molecule has 4 nitrogen and oxygen atoms in total. The Balaban J connectivity index is 2.19. The molecular formula is C18H22ClN2O2S+. The number of thiophene rings is 1. The molecule has 2 N–H and O–H groups in total. The van der Waals surface area contributed by atoms with Crippen LogP contribution >= 0.6 is 22.9 Å². The van der Waals surface area contributed by atoms with Crippen LogP contribution < -0.4 is 10.2 Å². The lowest BCUT2D eigenvalue weighted by Gasteiger charge is -2.14. The van der Waals surface area contributed by atoms with Gasteiger partial charge in [-0.25, -0.2) is 0 Å². The average Bonchev–Trinajstić information content (AvgIpc) is 2.92. The molecule has 0 fully saturated rings. The molecule has 1 aromatic carbocycles. The molecule has 2 rings (SSSR count). The molecule has 1 aromatic heterocycles. The van der Waals surface area contributed by atoms with Gasteiger partial charge in [-0.1, -0.05) is 11.6 Å². The van der Waals surface area contributed by atoms with E-state index in [1.807, 2.05) is 13.0 Å². The van der Waals surface area contributed by atoms with Crippen LogP contribution in [0.25, 0.3) is 0 Å². The predicted octanol–water partition coefficient (Wildman–Crippen LogP) is 2.80. The molecule has 2 aromatic rings. The van der Waals surface area contributed by atoms with E-state index in [-0.39, 0.29) is 11.7 Å². The van der Waals surface area contributed by atoms with Crippen molar-refractivity contribution in [2.75, 3.05) is 25.0 Å². The van der Waals surface area contributed by atoms with Gasteiger partial charge in [0.15, 0.2) is 12.3 Å². The maximum Gasteiger partial charge on any atom is 0.280 e. The van der Waals surface area contributed by atoms with E-state index in [1.165, 1.54) is 16.2 Å². The Bertz CT molecular complexity index is 721. The number of ketones is 1. The number of nitrogens with one attached hydrogen (secondary N) is 2. The van der Waals surface area contributed by atoms with Crippen LogP contribution in [0, 0.1) is 6.92 Å². The van der Waals surface area contributed by atoms with E-state index in [4.69, 9.17) is 11.6 Å². The molecule has 1 heterocycles. The summed E-state index contributed by atoms with van der Waals surface area (Å²) in [5, 5.41) is 4.11. The van der Waals surface area contributed by atoms with Crippen molar-refractivity contribution in [3.8, 4) is 0 Å². The minimum absolute atomic E-state index is 0.0688. The Morgan fingerprint density at radius 2 is 1.79 bits per heavy atom. The van der Waals surface area contributed by atoms with Gasteiger partial charge in [0, 0.05) is 15.5 Å². The number of quaternary nitrogens is 1. The number of carbonyl (C=O) groups excluding carboxylic acids is 2. The summed E-state index contributed by atoms with van der Waals surface area (Å²) < 4.78 is 0. The quantitative estimate of drug-likeness (QED) is 0.741. The lowest BCUT2D eigenvalue weighted by Crippen LogP contribution is -3.12. The van der Waals surface area contributed by atoms with E-state index in [0.717, 1.165) is 18.0 Å². The molecule has 0 bridgehead atoms. The number of aryl methyl sites for hydroxylation is 1. The summed E-state index contributed by atoms with van der Waals surface area (Å²) in [5.41, 5.74) is 1.09. The zero-order valence-corrected chi connectivity index (χ0v) is 15.7. The highest BCUT2D eigenvalue weighted by Crippen LogP contribution is 2.29. The molecule has 0 atom stereocenters. The first kappa shape index (κ1) is 18.6. The lowest BCUT2D eigenvalue weighted by atomic mass is 10.1. The van der Waals surface area contributed by atoms with E-state index in [1.54, 1.807) is 24.3 Å². The van der Waals surface area contributed by atoms with Crippen LogP contribution in [0.3, 0.4) is 0 Å². The highest BCUT2D eigenvalue weighted by Gasteiger charge is 2.19. The summed E-state index contributed by atoms with van der Waals surface area (Å²) in [6.07, 6.45) is 0. The van der Waals surface area contributed by atoms with Crippen molar-refractivity contribution < 1.29 is 14.5 Å². The van der Waals surface area contributed by atoms with Crippen LogP contribution in [0.4, 0.5) is 5.00 Å². The zero-order chi connectivity index (χ0) is 17.7. The number of rotatable bonds is 7. The van der Waals surface area contributed by atoms with Crippen LogP contribution in [-0.4, -0.2) is 31.3 Å².